The van der Waals surface area contributed by atoms with Gasteiger partial charge in [-0.05, 0) is 18.1 Å². The lowest BCUT2D eigenvalue weighted by Gasteiger charge is -2.25. The highest BCUT2D eigenvalue weighted by molar-refractivity contribution is 5.92. The number of anilines is 1. The molecule has 0 saturated heterocycles. The second-order valence-electron chi connectivity index (χ2n) is 5.74. The first kappa shape index (κ1) is 17.2. The predicted molar refractivity (Wildman–Crippen MR) is 83.1 cm³/mol. The van der Waals surface area contributed by atoms with E-state index >= 15 is 0 Å². The van der Waals surface area contributed by atoms with Gasteiger partial charge in [-0.3, -0.25) is 14.5 Å². The molecule has 0 aliphatic carbocycles. The van der Waals surface area contributed by atoms with E-state index in [1.54, 1.807) is 6.92 Å². The maximum absolute atomic E-state index is 12.1. The predicted octanol–water partition coefficient (Wildman–Crippen LogP) is 2.30. The second-order valence-corrected chi connectivity index (χ2v) is 5.74. The van der Waals surface area contributed by atoms with Crippen LogP contribution in [0.4, 0.5) is 5.69 Å². The molecule has 0 spiro atoms. The molecule has 1 aromatic rings. The van der Waals surface area contributed by atoms with Crippen molar-refractivity contribution in [3.05, 3.63) is 30.3 Å². The van der Waals surface area contributed by atoms with Crippen molar-refractivity contribution in [2.45, 2.75) is 20.8 Å². The van der Waals surface area contributed by atoms with E-state index in [1.165, 1.54) is 0 Å². The second kappa shape index (κ2) is 8.42. The Bertz CT molecular complexity index is 460. The summed E-state index contributed by atoms with van der Waals surface area (Å²) in [5.74, 6) is -1.09. The van der Waals surface area contributed by atoms with Gasteiger partial charge in [0.2, 0.25) is 5.91 Å². The molecular weight excluding hydrogens is 268 g/mol. The summed E-state index contributed by atoms with van der Waals surface area (Å²) in [7, 11) is 0. The first-order valence-corrected chi connectivity index (χ1v) is 7.18. The molecule has 5 heteroatoms. The van der Waals surface area contributed by atoms with Gasteiger partial charge in [-0.1, -0.05) is 39.0 Å². The largest absolute Gasteiger partial charge is 0.481 e. The number of hydrogen-bond acceptors (Lipinski definition) is 3. The van der Waals surface area contributed by atoms with Crippen LogP contribution in [0, 0.1) is 11.8 Å². The number of aliphatic carboxylic acids is 1. The summed E-state index contributed by atoms with van der Waals surface area (Å²) in [5, 5.41) is 11.8. The highest BCUT2D eigenvalue weighted by atomic mass is 16.4. The molecule has 0 fully saturated rings. The van der Waals surface area contributed by atoms with Gasteiger partial charge >= 0.3 is 5.97 Å². The van der Waals surface area contributed by atoms with Crippen molar-refractivity contribution < 1.29 is 14.7 Å². The molecular formula is C16H24N2O3. The van der Waals surface area contributed by atoms with Crippen molar-refractivity contribution in [2.75, 3.05) is 25.0 Å². The Morgan fingerprint density at radius 2 is 1.76 bits per heavy atom. The van der Waals surface area contributed by atoms with Crippen molar-refractivity contribution in [1.82, 2.24) is 4.90 Å². The molecule has 0 heterocycles. The average molecular weight is 292 g/mol. The van der Waals surface area contributed by atoms with E-state index in [9.17, 15) is 9.59 Å². The Kier molecular flexibility index (Phi) is 6.88. The van der Waals surface area contributed by atoms with Gasteiger partial charge in [0, 0.05) is 18.8 Å². The fraction of sp³-hybridized carbons (Fsp3) is 0.500. The van der Waals surface area contributed by atoms with Crippen LogP contribution in [0.5, 0.6) is 0 Å². The molecule has 1 aromatic carbocycles. The quantitative estimate of drug-likeness (QED) is 0.771. The van der Waals surface area contributed by atoms with E-state index in [0.717, 1.165) is 5.69 Å². The summed E-state index contributed by atoms with van der Waals surface area (Å²) in [6, 6.07) is 9.24. The third-order valence-corrected chi connectivity index (χ3v) is 3.00. The third kappa shape index (κ3) is 6.90. The van der Waals surface area contributed by atoms with Crippen LogP contribution in [-0.2, 0) is 9.59 Å². The van der Waals surface area contributed by atoms with Crippen molar-refractivity contribution >= 4 is 17.6 Å². The zero-order valence-corrected chi connectivity index (χ0v) is 12.9. The van der Waals surface area contributed by atoms with Gasteiger partial charge in [0.05, 0.1) is 12.5 Å². The molecule has 1 amide bonds. The van der Waals surface area contributed by atoms with E-state index in [2.05, 4.69) is 5.32 Å². The lowest BCUT2D eigenvalue weighted by Crippen LogP contribution is -2.39. The van der Waals surface area contributed by atoms with E-state index in [0.29, 0.717) is 19.0 Å². The molecule has 0 bridgehead atoms. The number of rotatable bonds is 8. The van der Waals surface area contributed by atoms with Gasteiger partial charge in [-0.15, -0.1) is 0 Å². The number of nitrogens with zero attached hydrogens (tertiary/aromatic N) is 1. The molecule has 0 aliphatic heterocycles. The summed E-state index contributed by atoms with van der Waals surface area (Å²) in [4.78, 5) is 24.9. The molecule has 0 radical (unpaired) electrons. The van der Waals surface area contributed by atoms with E-state index < -0.39 is 11.9 Å². The Morgan fingerprint density at radius 3 is 2.29 bits per heavy atom. The van der Waals surface area contributed by atoms with Crippen LogP contribution in [0.15, 0.2) is 30.3 Å². The van der Waals surface area contributed by atoms with Gasteiger partial charge in [0.25, 0.3) is 0 Å². The van der Waals surface area contributed by atoms with Crippen LogP contribution in [0.25, 0.3) is 0 Å². The standard InChI is InChI=1S/C16H24N2O3/c1-12(2)9-18(10-13(3)16(20)21)11-15(19)17-14-7-5-4-6-8-14/h4-8,12-13H,9-11H2,1-3H3,(H,17,19)(H,20,21). The van der Waals surface area contributed by atoms with E-state index in [4.69, 9.17) is 5.11 Å². The summed E-state index contributed by atoms with van der Waals surface area (Å²) in [6.45, 7) is 7.02. The number of carboxylic acid groups (broad SMARTS) is 1. The molecule has 0 saturated carbocycles. The minimum atomic E-state index is -0.841. The maximum atomic E-state index is 12.1. The zero-order chi connectivity index (χ0) is 15.8. The summed E-state index contributed by atoms with van der Waals surface area (Å²) in [6.07, 6.45) is 0. The van der Waals surface area contributed by atoms with Crippen LogP contribution in [0.1, 0.15) is 20.8 Å². The number of amides is 1. The third-order valence-electron chi connectivity index (χ3n) is 3.00. The maximum Gasteiger partial charge on any atom is 0.307 e. The average Bonchev–Trinajstić information content (AvgIpc) is 2.38. The van der Waals surface area contributed by atoms with E-state index in [-0.39, 0.29) is 12.5 Å². The molecule has 1 unspecified atom stereocenters. The van der Waals surface area contributed by atoms with Gasteiger partial charge in [0.15, 0.2) is 0 Å². The number of para-hydroxylation sites is 1. The minimum absolute atomic E-state index is 0.126. The topological polar surface area (TPSA) is 69.6 Å². The number of benzene rings is 1. The van der Waals surface area contributed by atoms with Crippen molar-refractivity contribution in [2.24, 2.45) is 11.8 Å². The summed E-state index contributed by atoms with van der Waals surface area (Å²) < 4.78 is 0. The van der Waals surface area contributed by atoms with Crippen molar-refractivity contribution in [3.63, 3.8) is 0 Å². The minimum Gasteiger partial charge on any atom is -0.481 e. The van der Waals surface area contributed by atoms with Gasteiger partial charge in [-0.25, -0.2) is 0 Å². The van der Waals surface area contributed by atoms with Crippen LogP contribution < -0.4 is 5.32 Å². The molecule has 1 atom stereocenters. The highest BCUT2D eigenvalue weighted by Crippen LogP contribution is 2.07. The zero-order valence-electron chi connectivity index (χ0n) is 12.9. The SMILES string of the molecule is CC(C)CN(CC(=O)Nc1ccccc1)CC(C)C(=O)O. The van der Waals surface area contributed by atoms with Crippen molar-refractivity contribution in [3.8, 4) is 0 Å². The lowest BCUT2D eigenvalue weighted by atomic mass is 10.1. The molecule has 21 heavy (non-hydrogen) atoms. The highest BCUT2D eigenvalue weighted by Gasteiger charge is 2.19. The van der Waals surface area contributed by atoms with E-state index in [1.807, 2.05) is 49.1 Å². The summed E-state index contributed by atoms with van der Waals surface area (Å²) >= 11 is 0. The molecule has 2 N–H and O–H groups in total. The molecule has 0 aromatic heterocycles. The first-order chi connectivity index (χ1) is 9.88. The van der Waals surface area contributed by atoms with Crippen molar-refractivity contribution in [1.29, 1.82) is 0 Å². The molecule has 116 valence electrons. The van der Waals surface area contributed by atoms with Crippen LogP contribution in [0.3, 0.4) is 0 Å². The van der Waals surface area contributed by atoms with Crippen LogP contribution in [-0.4, -0.2) is 41.5 Å². The smallest absolute Gasteiger partial charge is 0.307 e. The molecule has 0 aliphatic rings. The van der Waals surface area contributed by atoms with Gasteiger partial charge in [0.1, 0.15) is 0 Å². The fourth-order valence-electron chi connectivity index (χ4n) is 2.11. The number of carbonyl (C=O) groups is 2. The molecule has 1 rings (SSSR count). The lowest BCUT2D eigenvalue weighted by molar-refractivity contribution is -0.142. The normalized spacial score (nSPS) is 12.4. The Hall–Kier alpha value is -1.88. The monoisotopic (exact) mass is 292 g/mol. The van der Waals surface area contributed by atoms with Gasteiger partial charge < -0.3 is 10.4 Å². The van der Waals surface area contributed by atoms with Gasteiger partial charge in [-0.2, -0.15) is 0 Å². The number of carbonyl (C=O) groups excluding carboxylic acids is 1. The number of carboxylic acids is 1. The van der Waals surface area contributed by atoms with Crippen LogP contribution in [0.2, 0.25) is 0 Å². The Morgan fingerprint density at radius 1 is 1.14 bits per heavy atom. The Balaban J connectivity index is 2.58. The van der Waals surface area contributed by atoms with Crippen LogP contribution >= 0.6 is 0 Å². The number of nitrogens with one attached hydrogen (secondary N) is 1. The molecule has 5 nitrogen and oxygen atoms in total. The fourth-order valence-corrected chi connectivity index (χ4v) is 2.11. The first-order valence-electron chi connectivity index (χ1n) is 7.18. The number of hydrogen-bond donors (Lipinski definition) is 2. The Labute approximate surface area is 126 Å². The summed E-state index contributed by atoms with van der Waals surface area (Å²) in [5.41, 5.74) is 0.748.